The number of carbonyl (C=O) groups excluding carboxylic acids is 2. The van der Waals surface area contributed by atoms with E-state index in [2.05, 4.69) is 25.8 Å². The summed E-state index contributed by atoms with van der Waals surface area (Å²) < 4.78 is 39.7. The first-order valence-corrected chi connectivity index (χ1v) is 12.5. The van der Waals surface area contributed by atoms with Gasteiger partial charge in [0, 0.05) is 58.4 Å². The van der Waals surface area contributed by atoms with Crippen LogP contribution in [-0.2, 0) is 17.5 Å². The van der Waals surface area contributed by atoms with E-state index in [1.165, 1.54) is 12.1 Å². The maximum absolute atomic E-state index is 12.9. The molecule has 0 bridgehead atoms. The standard InChI is InChI=1S/C26H23F3N6O2S/c27-26(28,29)17-2-1-3-19(10-17)34-25(37)33-18-6-4-15(5-7-18)20-14-38-23-16(11-32-24(30)22(20)23)12-35-9-8-31-21(36)13-35/h1-7,10-11,14H,8-9,12-13H2,(H2,30,32)(H,31,36)(H2,33,34,37). The van der Waals surface area contributed by atoms with Crippen LogP contribution < -0.4 is 21.7 Å². The van der Waals surface area contributed by atoms with E-state index in [0.29, 0.717) is 31.1 Å². The lowest BCUT2D eigenvalue weighted by Gasteiger charge is -2.26. The fourth-order valence-corrected chi connectivity index (χ4v) is 5.40. The predicted molar refractivity (Wildman–Crippen MR) is 142 cm³/mol. The van der Waals surface area contributed by atoms with Crippen LogP contribution in [0.1, 0.15) is 11.1 Å². The number of hydrogen-bond acceptors (Lipinski definition) is 6. The Morgan fingerprint density at radius 2 is 1.89 bits per heavy atom. The number of fused-ring (bicyclic) bond motifs is 1. The summed E-state index contributed by atoms with van der Waals surface area (Å²) in [5.74, 6) is 0.402. The van der Waals surface area contributed by atoms with Crippen molar-refractivity contribution in [1.29, 1.82) is 0 Å². The molecule has 0 unspecified atom stereocenters. The Labute approximate surface area is 219 Å². The average Bonchev–Trinajstić information content (AvgIpc) is 3.32. The highest BCUT2D eigenvalue weighted by atomic mass is 32.1. The summed E-state index contributed by atoms with van der Waals surface area (Å²) in [4.78, 5) is 30.5. The van der Waals surface area contributed by atoms with Gasteiger partial charge in [0.1, 0.15) is 5.82 Å². The summed E-state index contributed by atoms with van der Waals surface area (Å²) in [5.41, 5.74) is 8.65. The number of anilines is 3. The molecule has 2 aromatic heterocycles. The lowest BCUT2D eigenvalue weighted by atomic mass is 10.0. The molecule has 1 aliphatic rings. The number of hydrogen-bond donors (Lipinski definition) is 4. The SMILES string of the molecule is Nc1ncc(CN2CCNC(=O)C2)c2scc(-c3ccc(NC(=O)Nc4cccc(C(F)(F)F)c4)cc3)c12. The molecule has 1 fully saturated rings. The van der Waals surface area contributed by atoms with Gasteiger partial charge < -0.3 is 21.7 Å². The van der Waals surface area contributed by atoms with Crippen molar-refractivity contribution < 1.29 is 22.8 Å². The zero-order valence-electron chi connectivity index (χ0n) is 19.9. The Kier molecular flexibility index (Phi) is 6.91. The van der Waals surface area contributed by atoms with Crippen molar-refractivity contribution in [2.24, 2.45) is 0 Å². The van der Waals surface area contributed by atoms with Gasteiger partial charge in [0.25, 0.3) is 0 Å². The average molecular weight is 541 g/mol. The quantitative estimate of drug-likeness (QED) is 0.280. The number of nitrogens with zero attached hydrogens (tertiary/aromatic N) is 2. The number of nitrogens with one attached hydrogen (secondary N) is 3. The molecule has 0 aliphatic carbocycles. The van der Waals surface area contributed by atoms with Gasteiger partial charge in [0.05, 0.1) is 12.1 Å². The number of piperazine rings is 1. The molecular weight excluding hydrogens is 517 g/mol. The number of carbonyl (C=O) groups is 2. The van der Waals surface area contributed by atoms with Crippen LogP contribution in [-0.4, -0.2) is 41.5 Å². The molecule has 0 spiro atoms. The summed E-state index contributed by atoms with van der Waals surface area (Å²) in [6.07, 6.45) is -2.75. The second kappa shape index (κ2) is 10.3. The second-order valence-corrected chi connectivity index (χ2v) is 9.70. The van der Waals surface area contributed by atoms with Crippen LogP contribution in [0.3, 0.4) is 0 Å². The predicted octanol–water partition coefficient (Wildman–Crippen LogP) is 5.14. The Balaban J connectivity index is 1.31. The number of pyridine rings is 1. The molecule has 0 saturated carbocycles. The zero-order valence-corrected chi connectivity index (χ0v) is 20.7. The Bertz CT molecular complexity index is 1500. The first-order chi connectivity index (χ1) is 18.2. The molecule has 3 amide bonds. The molecule has 5 N–H and O–H groups in total. The minimum atomic E-state index is -4.50. The highest BCUT2D eigenvalue weighted by Crippen LogP contribution is 2.39. The smallest absolute Gasteiger partial charge is 0.383 e. The van der Waals surface area contributed by atoms with Gasteiger partial charge in [0.15, 0.2) is 0 Å². The fraction of sp³-hybridized carbons (Fsp3) is 0.192. The molecule has 2 aromatic carbocycles. The lowest BCUT2D eigenvalue weighted by molar-refractivity contribution is -0.137. The van der Waals surface area contributed by atoms with Crippen LogP contribution in [0.5, 0.6) is 0 Å². The normalized spacial score (nSPS) is 14.3. The molecule has 3 heterocycles. The molecule has 0 radical (unpaired) electrons. The number of urea groups is 1. The molecule has 1 aliphatic heterocycles. The van der Waals surface area contributed by atoms with Crippen LogP contribution in [0.25, 0.3) is 21.2 Å². The van der Waals surface area contributed by atoms with Gasteiger partial charge in [-0.15, -0.1) is 11.3 Å². The summed E-state index contributed by atoms with van der Waals surface area (Å²) in [6, 6.07) is 10.8. The van der Waals surface area contributed by atoms with Crippen LogP contribution >= 0.6 is 11.3 Å². The Morgan fingerprint density at radius 3 is 2.63 bits per heavy atom. The molecule has 1 saturated heterocycles. The summed E-state index contributed by atoms with van der Waals surface area (Å²) >= 11 is 1.55. The molecule has 5 rings (SSSR count). The van der Waals surface area contributed by atoms with Crippen LogP contribution in [0.4, 0.5) is 35.2 Å². The Hall–Kier alpha value is -4.16. The fourth-order valence-electron chi connectivity index (χ4n) is 4.31. The van der Waals surface area contributed by atoms with Gasteiger partial charge >= 0.3 is 12.2 Å². The van der Waals surface area contributed by atoms with Gasteiger partial charge in [-0.1, -0.05) is 18.2 Å². The molecule has 0 atom stereocenters. The van der Waals surface area contributed by atoms with Gasteiger partial charge in [0.2, 0.25) is 5.91 Å². The minimum Gasteiger partial charge on any atom is -0.383 e. The van der Waals surface area contributed by atoms with E-state index >= 15 is 0 Å². The second-order valence-electron chi connectivity index (χ2n) is 8.82. The van der Waals surface area contributed by atoms with Gasteiger partial charge in [-0.3, -0.25) is 9.69 Å². The summed E-state index contributed by atoms with van der Waals surface area (Å²) in [6.45, 7) is 2.28. The van der Waals surface area contributed by atoms with E-state index in [4.69, 9.17) is 5.73 Å². The minimum absolute atomic E-state index is 0.0000244. The number of nitrogens with two attached hydrogens (primary N) is 1. The third-order valence-electron chi connectivity index (χ3n) is 6.11. The number of halogens is 3. The number of alkyl halides is 3. The van der Waals surface area contributed by atoms with Crippen molar-refractivity contribution in [3.63, 3.8) is 0 Å². The van der Waals surface area contributed by atoms with Crippen molar-refractivity contribution >= 4 is 50.6 Å². The van der Waals surface area contributed by atoms with Crippen molar-refractivity contribution in [1.82, 2.24) is 15.2 Å². The first kappa shape index (κ1) is 25.5. The number of thiophene rings is 1. The molecule has 12 heteroatoms. The highest BCUT2D eigenvalue weighted by Gasteiger charge is 2.30. The molecule has 4 aromatic rings. The third kappa shape index (κ3) is 5.55. The number of benzene rings is 2. The van der Waals surface area contributed by atoms with E-state index in [0.717, 1.165) is 45.5 Å². The topological polar surface area (TPSA) is 112 Å². The van der Waals surface area contributed by atoms with Crippen molar-refractivity contribution in [2.45, 2.75) is 12.7 Å². The lowest BCUT2D eigenvalue weighted by Crippen LogP contribution is -2.47. The van der Waals surface area contributed by atoms with E-state index in [1.54, 1.807) is 29.7 Å². The van der Waals surface area contributed by atoms with Crippen molar-refractivity contribution in [3.8, 4) is 11.1 Å². The molecular formula is C26H23F3N6O2S. The van der Waals surface area contributed by atoms with E-state index < -0.39 is 17.8 Å². The van der Waals surface area contributed by atoms with E-state index in [9.17, 15) is 22.8 Å². The van der Waals surface area contributed by atoms with Crippen molar-refractivity contribution in [3.05, 3.63) is 71.2 Å². The number of amides is 3. The molecule has 8 nitrogen and oxygen atoms in total. The van der Waals surface area contributed by atoms with E-state index in [-0.39, 0.29) is 11.6 Å². The summed E-state index contributed by atoms with van der Waals surface area (Å²) in [5, 5.41) is 10.7. The Morgan fingerprint density at radius 1 is 1.13 bits per heavy atom. The first-order valence-electron chi connectivity index (χ1n) is 11.7. The molecule has 196 valence electrons. The maximum atomic E-state index is 12.9. The van der Waals surface area contributed by atoms with Crippen molar-refractivity contribution in [2.75, 3.05) is 36.0 Å². The van der Waals surface area contributed by atoms with Gasteiger partial charge in [-0.2, -0.15) is 13.2 Å². The monoisotopic (exact) mass is 540 g/mol. The maximum Gasteiger partial charge on any atom is 0.416 e. The number of rotatable bonds is 5. The molecule has 38 heavy (non-hydrogen) atoms. The summed E-state index contributed by atoms with van der Waals surface area (Å²) in [7, 11) is 0. The largest absolute Gasteiger partial charge is 0.416 e. The van der Waals surface area contributed by atoms with Gasteiger partial charge in [-0.25, -0.2) is 9.78 Å². The highest BCUT2D eigenvalue weighted by molar-refractivity contribution is 7.18. The number of nitrogen functional groups attached to an aromatic ring is 1. The van der Waals surface area contributed by atoms with Crippen LogP contribution in [0, 0.1) is 0 Å². The number of aromatic nitrogens is 1. The zero-order chi connectivity index (χ0) is 26.9. The third-order valence-corrected chi connectivity index (χ3v) is 7.17. The van der Waals surface area contributed by atoms with Gasteiger partial charge in [-0.05, 0) is 41.3 Å². The van der Waals surface area contributed by atoms with Crippen LogP contribution in [0.15, 0.2) is 60.1 Å². The van der Waals surface area contributed by atoms with E-state index in [1.807, 2.05) is 17.5 Å². The van der Waals surface area contributed by atoms with Crippen LogP contribution in [0.2, 0.25) is 0 Å².